The zero-order valence-corrected chi connectivity index (χ0v) is 21.6. The van der Waals surface area contributed by atoms with E-state index in [4.69, 9.17) is 4.74 Å². The fourth-order valence-electron chi connectivity index (χ4n) is 7.09. The number of likely N-dealkylation sites (tertiary alicyclic amines) is 1. The summed E-state index contributed by atoms with van der Waals surface area (Å²) in [6.07, 6.45) is 11.2. The van der Waals surface area contributed by atoms with Crippen molar-refractivity contribution in [3.05, 3.63) is 51.1 Å². The van der Waals surface area contributed by atoms with Crippen LogP contribution in [0.5, 0.6) is 0 Å². The molecule has 0 radical (unpaired) electrons. The Morgan fingerprint density at radius 1 is 1.11 bits per heavy atom. The van der Waals surface area contributed by atoms with Crippen LogP contribution in [0.4, 0.5) is 0 Å². The van der Waals surface area contributed by atoms with Crippen molar-refractivity contribution in [3.63, 3.8) is 0 Å². The number of H-pyrrole nitrogens is 1. The summed E-state index contributed by atoms with van der Waals surface area (Å²) in [5.41, 5.74) is 4.25. The molecule has 3 fully saturated rings. The van der Waals surface area contributed by atoms with Gasteiger partial charge in [-0.15, -0.1) is 5.10 Å². The monoisotopic (exact) mass is 490 g/mol. The Labute approximate surface area is 212 Å². The molecular formula is C28H38N6O2. The summed E-state index contributed by atoms with van der Waals surface area (Å²) in [4.78, 5) is 19.4. The van der Waals surface area contributed by atoms with Crippen LogP contribution in [0.25, 0.3) is 10.9 Å². The van der Waals surface area contributed by atoms with E-state index in [-0.39, 0.29) is 17.7 Å². The van der Waals surface area contributed by atoms with Gasteiger partial charge in [-0.25, -0.2) is 4.68 Å². The number of nitrogens with zero attached hydrogens (tertiary/aromatic N) is 5. The van der Waals surface area contributed by atoms with Crippen LogP contribution in [0.2, 0.25) is 0 Å². The summed E-state index contributed by atoms with van der Waals surface area (Å²) in [5, 5.41) is 14.1. The van der Waals surface area contributed by atoms with E-state index in [0.29, 0.717) is 12.0 Å². The number of pyridine rings is 1. The molecule has 8 nitrogen and oxygen atoms in total. The highest BCUT2D eigenvalue weighted by Crippen LogP contribution is 2.45. The van der Waals surface area contributed by atoms with E-state index in [9.17, 15) is 4.79 Å². The van der Waals surface area contributed by atoms with Crippen molar-refractivity contribution >= 4 is 10.9 Å². The molecule has 2 saturated heterocycles. The molecule has 2 aromatic heterocycles. The normalized spacial score (nSPS) is 23.4. The molecule has 1 spiro atoms. The number of aryl methyl sites for hydroxylation is 2. The molecule has 3 aromatic rings. The van der Waals surface area contributed by atoms with Gasteiger partial charge < -0.3 is 9.72 Å². The highest BCUT2D eigenvalue weighted by atomic mass is 16.5. The number of piperidine rings is 1. The van der Waals surface area contributed by atoms with Gasteiger partial charge in [0.15, 0.2) is 5.82 Å². The number of aromatic amines is 1. The average Bonchev–Trinajstić information content (AvgIpc) is 3.53. The number of nitrogens with one attached hydrogen (secondary N) is 1. The molecule has 1 aliphatic carbocycles. The molecule has 1 saturated carbocycles. The van der Waals surface area contributed by atoms with E-state index in [1.54, 1.807) is 0 Å². The van der Waals surface area contributed by atoms with Gasteiger partial charge in [-0.3, -0.25) is 9.69 Å². The zero-order chi connectivity index (χ0) is 24.7. The summed E-state index contributed by atoms with van der Waals surface area (Å²) < 4.78 is 7.81. The Morgan fingerprint density at radius 3 is 2.75 bits per heavy atom. The maximum atomic E-state index is 13.7. The predicted octanol–water partition coefficient (Wildman–Crippen LogP) is 4.45. The summed E-state index contributed by atoms with van der Waals surface area (Å²) in [6, 6.07) is 6.05. The molecule has 2 atom stereocenters. The minimum atomic E-state index is -0.283. The van der Waals surface area contributed by atoms with Crippen molar-refractivity contribution in [1.29, 1.82) is 0 Å². The second-order valence-corrected chi connectivity index (χ2v) is 11.5. The van der Waals surface area contributed by atoms with Gasteiger partial charge in [-0.2, -0.15) is 0 Å². The summed E-state index contributed by atoms with van der Waals surface area (Å²) in [5.74, 6) is 0.757. The Kier molecular flexibility index (Phi) is 6.42. The second kappa shape index (κ2) is 9.71. The van der Waals surface area contributed by atoms with Crippen molar-refractivity contribution in [2.75, 3.05) is 19.7 Å². The first-order valence-corrected chi connectivity index (χ1v) is 13.8. The minimum absolute atomic E-state index is 0.0487. The fraction of sp³-hybridized carbons (Fsp3) is 0.643. The first-order chi connectivity index (χ1) is 17.5. The fourth-order valence-corrected chi connectivity index (χ4v) is 7.09. The third kappa shape index (κ3) is 4.50. The van der Waals surface area contributed by atoms with E-state index in [2.05, 4.69) is 57.5 Å². The minimum Gasteiger partial charge on any atom is -0.376 e. The van der Waals surface area contributed by atoms with Gasteiger partial charge in [0.25, 0.3) is 5.56 Å². The van der Waals surface area contributed by atoms with Crippen molar-refractivity contribution in [3.8, 4) is 0 Å². The lowest BCUT2D eigenvalue weighted by Crippen LogP contribution is -2.47. The Morgan fingerprint density at radius 2 is 1.94 bits per heavy atom. The van der Waals surface area contributed by atoms with Gasteiger partial charge in [-0.1, -0.05) is 25.3 Å². The van der Waals surface area contributed by atoms with Crippen LogP contribution < -0.4 is 5.56 Å². The first-order valence-electron chi connectivity index (χ1n) is 13.8. The summed E-state index contributed by atoms with van der Waals surface area (Å²) >= 11 is 0. The van der Waals surface area contributed by atoms with Crippen molar-refractivity contribution in [2.45, 2.75) is 90.3 Å². The topological polar surface area (TPSA) is 88.9 Å². The number of hydrogen-bond acceptors (Lipinski definition) is 6. The quantitative estimate of drug-likeness (QED) is 0.569. The smallest absolute Gasteiger partial charge is 0.253 e. The average molecular weight is 491 g/mol. The van der Waals surface area contributed by atoms with Gasteiger partial charge in [0, 0.05) is 29.6 Å². The molecule has 1 aromatic carbocycles. The maximum absolute atomic E-state index is 13.7. The van der Waals surface area contributed by atoms with Crippen LogP contribution >= 0.6 is 0 Å². The van der Waals surface area contributed by atoms with Crippen LogP contribution in [0.15, 0.2) is 23.0 Å². The molecule has 3 aliphatic rings. The largest absolute Gasteiger partial charge is 0.376 e. The van der Waals surface area contributed by atoms with E-state index < -0.39 is 0 Å². The molecule has 192 valence electrons. The van der Waals surface area contributed by atoms with Gasteiger partial charge in [0.1, 0.15) is 6.04 Å². The number of hydrogen-bond donors (Lipinski definition) is 1. The molecule has 0 amide bonds. The van der Waals surface area contributed by atoms with E-state index in [1.807, 2.05) is 4.68 Å². The van der Waals surface area contributed by atoms with Crippen molar-refractivity contribution < 1.29 is 4.74 Å². The number of aromatic nitrogens is 5. The molecule has 0 bridgehead atoms. The molecule has 0 unspecified atom stereocenters. The van der Waals surface area contributed by atoms with Gasteiger partial charge >= 0.3 is 0 Å². The van der Waals surface area contributed by atoms with Crippen molar-refractivity contribution in [1.82, 2.24) is 30.1 Å². The van der Waals surface area contributed by atoms with Crippen LogP contribution in [-0.2, 0) is 11.3 Å². The predicted molar refractivity (Wildman–Crippen MR) is 139 cm³/mol. The van der Waals surface area contributed by atoms with Crippen molar-refractivity contribution in [2.24, 2.45) is 5.41 Å². The van der Waals surface area contributed by atoms with E-state index in [1.165, 1.54) is 44.1 Å². The zero-order valence-electron chi connectivity index (χ0n) is 21.6. The lowest BCUT2D eigenvalue weighted by atomic mass is 9.69. The van der Waals surface area contributed by atoms with Crippen LogP contribution in [0.3, 0.4) is 0 Å². The molecule has 1 N–H and O–H groups in total. The summed E-state index contributed by atoms with van der Waals surface area (Å²) in [6.45, 7) is 7.55. The molecular weight excluding hydrogens is 452 g/mol. The standard InChI is InChI=1S/C28H38N6O2/c1-19-14-20(2)22-16-23(27(35)29-24(22)15-19)25(26-30-31-32-34(26)17-21-8-6-13-36-21)33-12-7-11-28(18-33)9-4-3-5-10-28/h14-16,21,25H,3-13,17-18H2,1-2H3,(H,29,35)/t21-,25-/m1/s1. The summed E-state index contributed by atoms with van der Waals surface area (Å²) in [7, 11) is 0. The number of tetrazole rings is 1. The SMILES string of the molecule is Cc1cc(C)c2cc([C@H](c3nnnn3C[C@H]3CCCO3)N3CCCC4(CCCCC4)C3)c(=O)[nH]c2c1. The molecule has 2 aliphatic heterocycles. The third-order valence-corrected chi connectivity index (χ3v) is 8.81. The lowest BCUT2D eigenvalue weighted by molar-refractivity contribution is 0.0326. The van der Waals surface area contributed by atoms with E-state index in [0.717, 1.165) is 66.8 Å². The highest BCUT2D eigenvalue weighted by molar-refractivity contribution is 5.83. The van der Waals surface area contributed by atoms with Crippen LogP contribution in [0.1, 0.15) is 86.3 Å². The van der Waals surface area contributed by atoms with E-state index >= 15 is 0 Å². The first kappa shape index (κ1) is 23.8. The van der Waals surface area contributed by atoms with Gasteiger partial charge in [-0.05, 0) is 98.0 Å². The molecule has 4 heterocycles. The van der Waals surface area contributed by atoms with Gasteiger partial charge in [0.2, 0.25) is 0 Å². The Hall–Kier alpha value is -2.58. The highest BCUT2D eigenvalue weighted by Gasteiger charge is 2.41. The molecule has 6 rings (SSSR count). The lowest BCUT2D eigenvalue weighted by Gasteiger charge is -2.47. The molecule has 8 heteroatoms. The maximum Gasteiger partial charge on any atom is 0.253 e. The van der Waals surface area contributed by atoms with Gasteiger partial charge in [0.05, 0.1) is 12.6 Å². The Bertz CT molecular complexity index is 1280. The third-order valence-electron chi connectivity index (χ3n) is 8.81. The van der Waals surface area contributed by atoms with Crippen LogP contribution in [0, 0.1) is 19.3 Å². The number of benzene rings is 1. The molecule has 36 heavy (non-hydrogen) atoms. The van der Waals surface area contributed by atoms with Crippen LogP contribution in [-0.4, -0.2) is 55.9 Å². The number of rotatable bonds is 5. The Balaban J connectivity index is 1.45. The number of fused-ring (bicyclic) bond motifs is 1. The number of ether oxygens (including phenoxy) is 1. The second-order valence-electron chi connectivity index (χ2n) is 11.5.